The smallest absolute Gasteiger partial charge is 0.327 e. The number of carboxylic acid groups (broad SMARTS) is 2. The molecule has 0 radical (unpaired) electrons. The lowest BCUT2D eigenvalue weighted by molar-refractivity contribution is -0.144. The number of nitrogens with zero attached hydrogens (tertiary/aromatic N) is 3. The summed E-state index contributed by atoms with van der Waals surface area (Å²) in [5.41, 5.74) is 5.99. The first-order valence-electron chi connectivity index (χ1n) is 14.6. The lowest BCUT2D eigenvalue weighted by Gasteiger charge is -2.29. The third-order valence-electron chi connectivity index (χ3n) is 7.04. The summed E-state index contributed by atoms with van der Waals surface area (Å²) in [4.78, 5) is 88.0. The largest absolute Gasteiger partial charge is 0.480 e. The minimum atomic E-state index is -2.25. The van der Waals surface area contributed by atoms with Crippen LogP contribution in [0.1, 0.15) is 28.9 Å². The van der Waals surface area contributed by atoms with E-state index in [9.17, 15) is 54.3 Å². The average Bonchev–Trinajstić information content (AvgIpc) is 3.09. The first kappa shape index (κ1) is 39.0. The van der Waals surface area contributed by atoms with Gasteiger partial charge in [0.05, 0.1) is 25.0 Å². The van der Waals surface area contributed by atoms with Crippen LogP contribution in [0.3, 0.4) is 0 Å². The molecule has 0 aliphatic rings. The molecule has 0 aliphatic heterocycles. The predicted molar refractivity (Wildman–Crippen MR) is 175 cm³/mol. The first-order valence-corrected chi connectivity index (χ1v) is 15.3. The standard InChI is InChI=1S/C28H35N9O12S/c29-28-36-22-19(25(45)37-28)32-13(8-31-22)7-30-12-3-1-11(2-4-12)23(43)33-14(26(46)47)5-6-17(40)35-18(21(42)20(41)16(39)9-38)24(44)34-15(10-50)27(48)49/h1-4,8,14-16,18,20-21,30,38-39,41-42,50H,5-7,9-10H2,(H,33,43)(H,34,44)(H,35,40)(H,46,47)(H,48,49)(H3,29,31,36,37,45)/t14-,15+,16+,18?,20+,21?/m0/s1. The van der Waals surface area contributed by atoms with Crippen LogP contribution in [0.25, 0.3) is 11.2 Å². The van der Waals surface area contributed by atoms with Gasteiger partial charge in [-0.05, 0) is 30.7 Å². The Morgan fingerprint density at radius 1 is 0.920 bits per heavy atom. The summed E-state index contributed by atoms with van der Waals surface area (Å²) in [5, 5.41) is 67.5. The predicted octanol–water partition coefficient (Wildman–Crippen LogP) is -4.07. The molecule has 2 unspecified atom stereocenters. The molecule has 0 saturated heterocycles. The van der Waals surface area contributed by atoms with Crippen molar-refractivity contribution in [2.75, 3.05) is 23.4 Å². The van der Waals surface area contributed by atoms with Crippen LogP contribution in [-0.2, 0) is 25.7 Å². The second-order valence-electron chi connectivity index (χ2n) is 10.7. The fourth-order valence-electron chi connectivity index (χ4n) is 4.29. The highest BCUT2D eigenvalue weighted by Crippen LogP contribution is 2.13. The highest BCUT2D eigenvalue weighted by atomic mass is 32.1. The second kappa shape index (κ2) is 17.8. The summed E-state index contributed by atoms with van der Waals surface area (Å²) in [6.45, 7) is -0.899. The number of aromatic nitrogens is 4. The van der Waals surface area contributed by atoms with Crippen LogP contribution in [0.5, 0.6) is 0 Å². The number of carboxylic acids is 2. The molecule has 2 heterocycles. The Kier molecular flexibility index (Phi) is 13.9. The van der Waals surface area contributed by atoms with Crippen molar-refractivity contribution in [3.63, 3.8) is 0 Å². The van der Waals surface area contributed by atoms with Gasteiger partial charge in [-0.2, -0.15) is 17.6 Å². The summed E-state index contributed by atoms with van der Waals surface area (Å²) < 4.78 is 0. The molecule has 0 fully saturated rings. The van der Waals surface area contributed by atoms with E-state index in [1.54, 1.807) is 0 Å². The molecule has 1 aromatic carbocycles. The summed E-state index contributed by atoms with van der Waals surface area (Å²) in [7, 11) is 0. The molecule has 3 rings (SSSR count). The molecule has 0 bridgehead atoms. The highest BCUT2D eigenvalue weighted by molar-refractivity contribution is 7.80. The van der Waals surface area contributed by atoms with Crippen molar-refractivity contribution < 1.29 is 54.6 Å². The van der Waals surface area contributed by atoms with Crippen LogP contribution in [0.4, 0.5) is 11.6 Å². The van der Waals surface area contributed by atoms with Gasteiger partial charge in [0, 0.05) is 23.4 Å². The summed E-state index contributed by atoms with van der Waals surface area (Å²) in [6, 6.07) is 0.574. The summed E-state index contributed by atoms with van der Waals surface area (Å²) in [6.07, 6.45) is -6.11. The zero-order chi connectivity index (χ0) is 37.1. The van der Waals surface area contributed by atoms with Crippen molar-refractivity contribution in [3.8, 4) is 0 Å². The summed E-state index contributed by atoms with van der Waals surface area (Å²) >= 11 is 3.80. The Bertz CT molecular complexity index is 1760. The van der Waals surface area contributed by atoms with E-state index in [-0.39, 0.29) is 29.2 Å². The molecule has 13 N–H and O–H groups in total. The number of aromatic amines is 1. The number of carbonyl (C=O) groups excluding carboxylic acids is 3. The number of benzene rings is 1. The van der Waals surface area contributed by atoms with Gasteiger partial charge in [0.25, 0.3) is 11.5 Å². The SMILES string of the molecule is Nc1nc2ncc(CNc3ccc(C(=O)N[C@@H](CCC(=O)NC(C(=O)N[C@H](CS)C(=O)O)C(O)[C@H](O)[C@H](O)CO)C(=O)O)cc3)nc2c(=O)[nH]1. The number of H-pyrrole nitrogens is 1. The van der Waals surface area contributed by atoms with Gasteiger partial charge in [-0.15, -0.1) is 0 Å². The van der Waals surface area contributed by atoms with Gasteiger partial charge < -0.3 is 57.6 Å². The molecule has 0 spiro atoms. The maximum absolute atomic E-state index is 12.8. The van der Waals surface area contributed by atoms with Gasteiger partial charge in [-0.25, -0.2) is 19.6 Å². The Morgan fingerprint density at radius 2 is 1.58 bits per heavy atom. The van der Waals surface area contributed by atoms with E-state index in [4.69, 9.17) is 10.8 Å². The van der Waals surface area contributed by atoms with Crippen LogP contribution in [0.15, 0.2) is 35.3 Å². The molecule has 270 valence electrons. The Morgan fingerprint density at radius 3 is 2.18 bits per heavy atom. The molecule has 0 saturated carbocycles. The zero-order valence-electron chi connectivity index (χ0n) is 25.9. The quantitative estimate of drug-likeness (QED) is 0.0555. The lowest BCUT2D eigenvalue weighted by Crippen LogP contribution is -2.61. The molecule has 3 amide bonds. The highest BCUT2D eigenvalue weighted by Gasteiger charge is 2.38. The van der Waals surface area contributed by atoms with E-state index >= 15 is 0 Å². The molecule has 6 atom stereocenters. The molecule has 0 aliphatic carbocycles. The zero-order valence-corrected chi connectivity index (χ0v) is 26.8. The fourth-order valence-corrected chi connectivity index (χ4v) is 4.54. The fraction of sp³-hybridized carbons (Fsp3) is 0.393. The molecule has 3 aromatic rings. The number of hydrogen-bond donors (Lipinski definition) is 13. The van der Waals surface area contributed by atoms with Gasteiger partial charge in [0.15, 0.2) is 11.2 Å². The molecular formula is C28H35N9O12S. The maximum Gasteiger partial charge on any atom is 0.327 e. The lowest BCUT2D eigenvalue weighted by atomic mass is 9.99. The van der Waals surface area contributed by atoms with Crippen LogP contribution < -0.4 is 32.6 Å². The van der Waals surface area contributed by atoms with Crippen molar-refractivity contribution in [3.05, 3.63) is 52.1 Å². The molecule has 2 aromatic heterocycles. The second-order valence-corrected chi connectivity index (χ2v) is 11.0. The Labute approximate surface area is 286 Å². The van der Waals surface area contributed by atoms with Crippen molar-refractivity contribution in [2.24, 2.45) is 0 Å². The monoisotopic (exact) mass is 721 g/mol. The van der Waals surface area contributed by atoms with Gasteiger partial charge in [0.1, 0.15) is 36.4 Å². The minimum absolute atomic E-state index is 0.00583. The van der Waals surface area contributed by atoms with Gasteiger partial charge >= 0.3 is 11.9 Å². The number of thiol groups is 1. The number of anilines is 2. The maximum atomic E-state index is 12.8. The van der Waals surface area contributed by atoms with Crippen LogP contribution in [0, 0.1) is 0 Å². The van der Waals surface area contributed by atoms with E-state index in [0.717, 1.165) is 0 Å². The third kappa shape index (κ3) is 10.5. The third-order valence-corrected chi connectivity index (χ3v) is 7.40. The minimum Gasteiger partial charge on any atom is -0.480 e. The Hall–Kier alpha value is -5.42. The number of nitrogens with two attached hydrogens (primary N) is 1. The van der Waals surface area contributed by atoms with E-state index in [1.165, 1.54) is 30.5 Å². The number of nitrogens with one attached hydrogen (secondary N) is 5. The number of aliphatic carboxylic acids is 2. The van der Waals surface area contributed by atoms with Crippen LogP contribution in [0.2, 0.25) is 0 Å². The summed E-state index contributed by atoms with van der Waals surface area (Å²) in [5.74, 6) is -6.66. The first-order chi connectivity index (χ1) is 23.6. The topological polar surface area (TPSA) is 352 Å². The van der Waals surface area contributed by atoms with Gasteiger partial charge in [-0.3, -0.25) is 24.2 Å². The van der Waals surface area contributed by atoms with Crippen molar-refractivity contribution in [1.29, 1.82) is 0 Å². The van der Waals surface area contributed by atoms with E-state index in [1.807, 2.05) is 10.6 Å². The number of aliphatic hydroxyl groups is 4. The van der Waals surface area contributed by atoms with E-state index < -0.39 is 96.9 Å². The van der Waals surface area contributed by atoms with Crippen molar-refractivity contribution >= 4 is 65.1 Å². The Balaban J connectivity index is 1.61. The number of aliphatic hydroxyl groups excluding tert-OH is 4. The van der Waals surface area contributed by atoms with E-state index in [0.29, 0.717) is 11.4 Å². The van der Waals surface area contributed by atoms with E-state index in [2.05, 4.69) is 43.2 Å². The number of hydrogen-bond acceptors (Lipinski definition) is 16. The molecule has 50 heavy (non-hydrogen) atoms. The number of fused-ring (bicyclic) bond motifs is 1. The van der Waals surface area contributed by atoms with Gasteiger partial charge in [0.2, 0.25) is 17.8 Å². The van der Waals surface area contributed by atoms with Crippen molar-refractivity contribution in [2.45, 2.75) is 55.8 Å². The molecular weight excluding hydrogens is 686 g/mol. The van der Waals surface area contributed by atoms with Gasteiger partial charge in [-0.1, -0.05) is 0 Å². The van der Waals surface area contributed by atoms with Crippen molar-refractivity contribution in [1.82, 2.24) is 35.9 Å². The number of carbonyl (C=O) groups is 5. The number of rotatable bonds is 18. The number of nitrogen functional groups attached to an aromatic ring is 1. The molecule has 21 nitrogen and oxygen atoms in total. The number of amides is 3. The average molecular weight is 722 g/mol. The van der Waals surface area contributed by atoms with Crippen LogP contribution >= 0.6 is 12.6 Å². The molecule has 22 heteroatoms. The normalized spacial score (nSPS) is 14.7. The van der Waals surface area contributed by atoms with Crippen LogP contribution in [-0.4, -0.2) is 129 Å².